The molecule has 2 aliphatic heterocycles. The van der Waals surface area contributed by atoms with Crippen molar-refractivity contribution in [2.75, 3.05) is 18.0 Å². The van der Waals surface area contributed by atoms with E-state index in [-0.39, 0.29) is 25.0 Å². The molecule has 158 valence electrons. The molecule has 2 aliphatic rings. The lowest BCUT2D eigenvalue weighted by Gasteiger charge is -2.35. The van der Waals surface area contributed by atoms with Crippen LogP contribution >= 0.6 is 11.3 Å². The minimum atomic E-state index is -0.827. The highest BCUT2D eigenvalue weighted by Crippen LogP contribution is 2.36. The Labute approximate surface area is 182 Å². The average molecular weight is 436 g/mol. The SMILES string of the molecule is NC(=O)[C@@H]1CN(CC(=O)N2N=C(c3cccs3)C[C@H]2c2ccco2)c2ccccc2O1. The van der Waals surface area contributed by atoms with Gasteiger partial charge in [0.2, 0.25) is 0 Å². The zero-order chi connectivity index (χ0) is 21.4. The molecule has 31 heavy (non-hydrogen) atoms. The van der Waals surface area contributed by atoms with Gasteiger partial charge < -0.3 is 19.8 Å². The summed E-state index contributed by atoms with van der Waals surface area (Å²) in [7, 11) is 0. The first-order valence-electron chi connectivity index (χ1n) is 9.87. The van der Waals surface area contributed by atoms with E-state index in [1.807, 2.05) is 46.7 Å². The lowest BCUT2D eigenvalue weighted by Crippen LogP contribution is -2.50. The van der Waals surface area contributed by atoms with E-state index in [0.717, 1.165) is 16.3 Å². The number of primary amides is 1. The van der Waals surface area contributed by atoms with Crippen molar-refractivity contribution in [1.29, 1.82) is 0 Å². The largest absolute Gasteiger partial charge is 0.477 e. The first kappa shape index (κ1) is 19.4. The second kappa shape index (κ2) is 7.92. The molecule has 0 saturated heterocycles. The highest BCUT2D eigenvalue weighted by Gasteiger charge is 2.37. The van der Waals surface area contributed by atoms with Crippen LogP contribution in [0.2, 0.25) is 0 Å². The first-order chi connectivity index (χ1) is 15.1. The minimum Gasteiger partial charge on any atom is -0.477 e. The van der Waals surface area contributed by atoms with Gasteiger partial charge in [-0.2, -0.15) is 5.10 Å². The van der Waals surface area contributed by atoms with Gasteiger partial charge in [0.05, 0.1) is 35.6 Å². The van der Waals surface area contributed by atoms with E-state index in [1.54, 1.807) is 29.7 Å². The number of fused-ring (bicyclic) bond motifs is 1. The van der Waals surface area contributed by atoms with Gasteiger partial charge in [0.1, 0.15) is 17.6 Å². The third kappa shape index (κ3) is 3.68. The summed E-state index contributed by atoms with van der Waals surface area (Å²) >= 11 is 1.59. The van der Waals surface area contributed by atoms with Crippen molar-refractivity contribution in [3.8, 4) is 5.75 Å². The van der Waals surface area contributed by atoms with Crippen LogP contribution in [0.25, 0.3) is 0 Å². The predicted octanol–water partition coefficient (Wildman–Crippen LogP) is 2.77. The van der Waals surface area contributed by atoms with Crippen LogP contribution in [-0.2, 0) is 9.59 Å². The normalized spacial score (nSPS) is 20.2. The fraction of sp³-hybridized carbons (Fsp3) is 0.227. The van der Waals surface area contributed by atoms with E-state index in [2.05, 4.69) is 5.10 Å². The number of hydrogen-bond donors (Lipinski definition) is 1. The van der Waals surface area contributed by atoms with E-state index < -0.39 is 12.0 Å². The maximum Gasteiger partial charge on any atom is 0.262 e. The second-order valence-corrected chi connectivity index (χ2v) is 8.30. The zero-order valence-electron chi connectivity index (χ0n) is 16.5. The second-order valence-electron chi connectivity index (χ2n) is 7.35. The summed E-state index contributed by atoms with van der Waals surface area (Å²) in [5.41, 5.74) is 7.07. The highest BCUT2D eigenvalue weighted by molar-refractivity contribution is 7.12. The van der Waals surface area contributed by atoms with E-state index in [0.29, 0.717) is 17.9 Å². The van der Waals surface area contributed by atoms with Gasteiger partial charge in [0.15, 0.2) is 6.10 Å². The summed E-state index contributed by atoms with van der Waals surface area (Å²) in [6, 6.07) is 14.6. The quantitative estimate of drug-likeness (QED) is 0.663. The van der Waals surface area contributed by atoms with Gasteiger partial charge in [0.25, 0.3) is 11.8 Å². The Morgan fingerprint density at radius 3 is 2.77 bits per heavy atom. The molecule has 0 spiro atoms. The van der Waals surface area contributed by atoms with E-state index in [1.165, 1.54) is 5.01 Å². The van der Waals surface area contributed by atoms with Crippen LogP contribution in [0.4, 0.5) is 5.69 Å². The summed E-state index contributed by atoms with van der Waals surface area (Å²) in [6.45, 7) is 0.224. The molecule has 8 nitrogen and oxygen atoms in total. The van der Waals surface area contributed by atoms with Gasteiger partial charge in [-0.3, -0.25) is 9.59 Å². The number of amides is 2. The topological polar surface area (TPSA) is 101 Å². The molecule has 9 heteroatoms. The number of nitrogens with zero attached hydrogens (tertiary/aromatic N) is 3. The minimum absolute atomic E-state index is 0.0303. The molecule has 0 unspecified atom stereocenters. The van der Waals surface area contributed by atoms with Crippen molar-refractivity contribution >= 4 is 34.6 Å². The molecule has 3 aromatic rings. The maximum atomic E-state index is 13.4. The molecule has 2 atom stereocenters. The lowest BCUT2D eigenvalue weighted by atomic mass is 10.1. The maximum absolute atomic E-state index is 13.4. The molecule has 2 amide bonds. The van der Waals surface area contributed by atoms with Crippen LogP contribution in [0.3, 0.4) is 0 Å². The van der Waals surface area contributed by atoms with Crippen molar-refractivity contribution < 1.29 is 18.7 Å². The smallest absolute Gasteiger partial charge is 0.262 e. The summed E-state index contributed by atoms with van der Waals surface area (Å²) in [5.74, 6) is 0.436. The van der Waals surface area contributed by atoms with Crippen LogP contribution in [0.1, 0.15) is 23.1 Å². The Morgan fingerprint density at radius 2 is 2.03 bits per heavy atom. The summed E-state index contributed by atoms with van der Waals surface area (Å²) in [4.78, 5) is 28.0. The van der Waals surface area contributed by atoms with Crippen molar-refractivity contribution in [3.63, 3.8) is 0 Å². The van der Waals surface area contributed by atoms with Crippen LogP contribution in [-0.4, -0.2) is 41.7 Å². The summed E-state index contributed by atoms with van der Waals surface area (Å²) < 4.78 is 11.3. The first-order valence-corrected chi connectivity index (χ1v) is 10.7. The van der Waals surface area contributed by atoms with Crippen molar-refractivity contribution in [2.24, 2.45) is 10.8 Å². The van der Waals surface area contributed by atoms with Gasteiger partial charge in [0, 0.05) is 6.42 Å². The molecular formula is C22H20N4O4S. The number of carbonyl (C=O) groups is 2. The Hall–Kier alpha value is -3.59. The number of thiophene rings is 1. The standard InChI is InChI=1S/C22H20N4O4S/c23-22(28)19-12-25(15-5-1-2-6-18(15)30-19)13-21(27)26-16(17-7-3-9-29-17)11-14(24-26)20-8-4-10-31-20/h1-10,16,19H,11-13H2,(H2,23,28)/t16-,19-/m0/s1. The molecule has 0 aliphatic carbocycles. The number of para-hydroxylation sites is 2. The van der Waals surface area contributed by atoms with Gasteiger partial charge in [-0.15, -0.1) is 11.3 Å². The number of rotatable bonds is 5. The fourth-order valence-electron chi connectivity index (χ4n) is 3.87. The monoisotopic (exact) mass is 436 g/mol. The molecule has 2 aromatic heterocycles. The molecular weight excluding hydrogens is 416 g/mol. The van der Waals surface area contributed by atoms with Gasteiger partial charge in [-0.05, 0) is 35.7 Å². The lowest BCUT2D eigenvalue weighted by molar-refractivity contribution is -0.132. The van der Waals surface area contributed by atoms with Gasteiger partial charge in [-0.1, -0.05) is 18.2 Å². The Kier molecular flexibility index (Phi) is 4.95. The third-order valence-corrected chi connectivity index (χ3v) is 6.27. The molecule has 0 fully saturated rings. The number of hydrogen-bond acceptors (Lipinski definition) is 7. The van der Waals surface area contributed by atoms with Crippen LogP contribution in [0.5, 0.6) is 5.75 Å². The average Bonchev–Trinajstić information content (AvgIpc) is 3.54. The Balaban J connectivity index is 1.43. The number of nitrogens with two attached hydrogens (primary N) is 1. The van der Waals surface area contributed by atoms with Crippen LogP contribution in [0, 0.1) is 0 Å². The van der Waals surface area contributed by atoms with Crippen LogP contribution < -0.4 is 15.4 Å². The zero-order valence-corrected chi connectivity index (χ0v) is 17.3. The third-order valence-electron chi connectivity index (χ3n) is 5.35. The molecule has 5 rings (SSSR count). The van der Waals surface area contributed by atoms with E-state index in [4.69, 9.17) is 14.9 Å². The number of furan rings is 1. The molecule has 1 aromatic carbocycles. The van der Waals surface area contributed by atoms with E-state index >= 15 is 0 Å². The Morgan fingerprint density at radius 1 is 1.16 bits per heavy atom. The predicted molar refractivity (Wildman–Crippen MR) is 116 cm³/mol. The summed E-state index contributed by atoms with van der Waals surface area (Å²) in [5, 5.41) is 8.12. The van der Waals surface area contributed by atoms with E-state index in [9.17, 15) is 9.59 Å². The van der Waals surface area contributed by atoms with Crippen molar-refractivity contribution in [3.05, 3.63) is 70.8 Å². The molecule has 4 heterocycles. The number of hydrazone groups is 1. The van der Waals surface area contributed by atoms with Gasteiger partial charge >= 0.3 is 0 Å². The van der Waals surface area contributed by atoms with Crippen LogP contribution in [0.15, 0.2) is 69.7 Å². The van der Waals surface area contributed by atoms with Crippen molar-refractivity contribution in [2.45, 2.75) is 18.6 Å². The van der Waals surface area contributed by atoms with Gasteiger partial charge in [-0.25, -0.2) is 5.01 Å². The van der Waals surface area contributed by atoms with Crippen molar-refractivity contribution in [1.82, 2.24) is 5.01 Å². The number of ether oxygens (including phenoxy) is 1. The molecule has 2 N–H and O–H groups in total. The highest BCUT2D eigenvalue weighted by atomic mass is 32.1. The fourth-order valence-corrected chi connectivity index (χ4v) is 4.60. The molecule has 0 radical (unpaired) electrons. The molecule has 0 bridgehead atoms. The number of anilines is 1. The Bertz CT molecular complexity index is 1130. The summed E-state index contributed by atoms with van der Waals surface area (Å²) in [6.07, 6.45) is 1.34. The number of benzene rings is 1. The molecule has 0 saturated carbocycles. The number of carbonyl (C=O) groups excluding carboxylic acids is 2.